The van der Waals surface area contributed by atoms with Crippen LogP contribution in [0.5, 0.6) is 0 Å². The molecule has 0 spiro atoms. The summed E-state index contributed by atoms with van der Waals surface area (Å²) in [7, 11) is 1.98. The van der Waals surface area contributed by atoms with Crippen LogP contribution >= 0.6 is 11.6 Å². The summed E-state index contributed by atoms with van der Waals surface area (Å²) in [4.78, 5) is 2.09. The van der Waals surface area contributed by atoms with Gasteiger partial charge < -0.3 is 10.6 Å². The van der Waals surface area contributed by atoms with Crippen LogP contribution in [-0.4, -0.2) is 25.0 Å². The third kappa shape index (κ3) is 3.74. The summed E-state index contributed by atoms with van der Waals surface area (Å²) >= 11 is 6.06. The molecule has 0 radical (unpaired) electrons. The van der Waals surface area contributed by atoms with E-state index in [1.807, 2.05) is 7.05 Å². The first kappa shape index (κ1) is 13.4. The SMILES string of the molecule is Cc1cc(Cl)c(CN(C)CCCN)cc1F. The zero-order valence-electron chi connectivity index (χ0n) is 9.76. The monoisotopic (exact) mass is 244 g/mol. The van der Waals surface area contributed by atoms with E-state index >= 15 is 0 Å². The number of aryl methyl sites for hydroxylation is 1. The van der Waals surface area contributed by atoms with Crippen molar-refractivity contribution in [3.8, 4) is 0 Å². The maximum absolute atomic E-state index is 13.4. The van der Waals surface area contributed by atoms with Crippen LogP contribution in [0.15, 0.2) is 12.1 Å². The summed E-state index contributed by atoms with van der Waals surface area (Å²) in [5.74, 6) is -0.202. The Morgan fingerprint density at radius 3 is 2.75 bits per heavy atom. The molecule has 0 heterocycles. The van der Waals surface area contributed by atoms with Crippen LogP contribution in [0.2, 0.25) is 5.02 Å². The van der Waals surface area contributed by atoms with Gasteiger partial charge in [0.15, 0.2) is 0 Å². The minimum atomic E-state index is -0.202. The number of nitrogens with two attached hydrogens (primary N) is 1. The van der Waals surface area contributed by atoms with Crippen LogP contribution in [0, 0.1) is 12.7 Å². The molecule has 4 heteroatoms. The highest BCUT2D eigenvalue weighted by Gasteiger charge is 2.08. The minimum absolute atomic E-state index is 0.202. The van der Waals surface area contributed by atoms with Gasteiger partial charge in [-0.3, -0.25) is 0 Å². The Hall–Kier alpha value is -0.640. The highest BCUT2D eigenvalue weighted by atomic mass is 35.5. The quantitative estimate of drug-likeness (QED) is 0.863. The topological polar surface area (TPSA) is 29.3 Å². The van der Waals surface area contributed by atoms with Gasteiger partial charge in [0.2, 0.25) is 0 Å². The van der Waals surface area contributed by atoms with Gasteiger partial charge in [-0.05, 0) is 56.7 Å². The Morgan fingerprint density at radius 2 is 2.12 bits per heavy atom. The van der Waals surface area contributed by atoms with Crippen molar-refractivity contribution in [2.75, 3.05) is 20.1 Å². The molecule has 0 bridgehead atoms. The Labute approximate surface area is 101 Å². The average Bonchev–Trinajstić information content (AvgIpc) is 2.23. The third-order valence-electron chi connectivity index (χ3n) is 2.51. The second-order valence-electron chi connectivity index (χ2n) is 4.07. The van der Waals surface area contributed by atoms with Crippen molar-refractivity contribution in [2.24, 2.45) is 5.73 Å². The summed E-state index contributed by atoms with van der Waals surface area (Å²) in [6.07, 6.45) is 0.933. The number of nitrogens with zero attached hydrogens (tertiary/aromatic N) is 1. The Kier molecular flexibility index (Phi) is 5.19. The summed E-state index contributed by atoms with van der Waals surface area (Å²) in [6, 6.07) is 3.18. The molecular weight excluding hydrogens is 227 g/mol. The Balaban J connectivity index is 2.69. The molecule has 1 rings (SSSR count). The lowest BCUT2D eigenvalue weighted by molar-refractivity contribution is 0.323. The number of halogens is 2. The van der Waals surface area contributed by atoms with E-state index in [2.05, 4.69) is 4.90 Å². The van der Waals surface area contributed by atoms with Crippen molar-refractivity contribution in [1.82, 2.24) is 4.90 Å². The van der Waals surface area contributed by atoms with Crippen LogP contribution in [0.25, 0.3) is 0 Å². The van der Waals surface area contributed by atoms with Gasteiger partial charge in [-0.25, -0.2) is 4.39 Å². The van der Waals surface area contributed by atoms with Gasteiger partial charge >= 0.3 is 0 Å². The fourth-order valence-electron chi connectivity index (χ4n) is 1.54. The van der Waals surface area contributed by atoms with Gasteiger partial charge in [-0.2, -0.15) is 0 Å². The number of rotatable bonds is 5. The maximum atomic E-state index is 13.4. The van der Waals surface area contributed by atoms with Crippen LogP contribution in [-0.2, 0) is 6.54 Å². The molecule has 1 aromatic rings. The largest absolute Gasteiger partial charge is 0.330 e. The fraction of sp³-hybridized carbons (Fsp3) is 0.500. The highest BCUT2D eigenvalue weighted by molar-refractivity contribution is 6.31. The fourth-order valence-corrected chi connectivity index (χ4v) is 1.82. The molecule has 0 atom stereocenters. The van der Waals surface area contributed by atoms with Crippen molar-refractivity contribution in [2.45, 2.75) is 19.9 Å². The lowest BCUT2D eigenvalue weighted by Crippen LogP contribution is -2.21. The van der Waals surface area contributed by atoms with E-state index in [4.69, 9.17) is 17.3 Å². The van der Waals surface area contributed by atoms with Crippen LogP contribution in [0.1, 0.15) is 17.5 Å². The van der Waals surface area contributed by atoms with Gasteiger partial charge in [0.1, 0.15) is 5.82 Å². The predicted octanol–water partition coefficient (Wildman–Crippen LogP) is 2.57. The van der Waals surface area contributed by atoms with Crippen molar-refractivity contribution in [3.63, 3.8) is 0 Å². The van der Waals surface area contributed by atoms with E-state index in [1.54, 1.807) is 13.0 Å². The molecule has 0 amide bonds. The molecule has 0 aliphatic carbocycles. The van der Waals surface area contributed by atoms with Crippen LogP contribution in [0.3, 0.4) is 0 Å². The lowest BCUT2D eigenvalue weighted by atomic mass is 10.1. The first-order valence-electron chi connectivity index (χ1n) is 5.37. The molecule has 0 aliphatic heterocycles. The first-order valence-corrected chi connectivity index (χ1v) is 5.75. The molecule has 2 N–H and O–H groups in total. The zero-order chi connectivity index (χ0) is 12.1. The lowest BCUT2D eigenvalue weighted by Gasteiger charge is -2.17. The van der Waals surface area contributed by atoms with E-state index in [0.29, 0.717) is 23.7 Å². The number of benzene rings is 1. The third-order valence-corrected chi connectivity index (χ3v) is 2.86. The van der Waals surface area contributed by atoms with Crippen LogP contribution < -0.4 is 5.73 Å². The minimum Gasteiger partial charge on any atom is -0.330 e. The average molecular weight is 245 g/mol. The maximum Gasteiger partial charge on any atom is 0.126 e. The summed E-state index contributed by atoms with van der Waals surface area (Å²) in [6.45, 7) is 3.92. The van der Waals surface area contributed by atoms with Gasteiger partial charge in [-0.1, -0.05) is 11.6 Å². The molecular formula is C12H18ClFN2. The molecule has 2 nitrogen and oxygen atoms in total. The molecule has 0 aliphatic rings. The van der Waals surface area contributed by atoms with E-state index in [-0.39, 0.29) is 5.82 Å². The van der Waals surface area contributed by atoms with Crippen molar-refractivity contribution >= 4 is 11.6 Å². The van der Waals surface area contributed by atoms with E-state index in [0.717, 1.165) is 18.5 Å². The van der Waals surface area contributed by atoms with Crippen molar-refractivity contribution < 1.29 is 4.39 Å². The van der Waals surface area contributed by atoms with Gasteiger partial charge in [0, 0.05) is 11.6 Å². The summed E-state index contributed by atoms with van der Waals surface area (Å²) < 4.78 is 13.4. The second kappa shape index (κ2) is 6.18. The van der Waals surface area contributed by atoms with E-state index in [9.17, 15) is 4.39 Å². The molecule has 0 saturated heterocycles. The highest BCUT2D eigenvalue weighted by Crippen LogP contribution is 2.21. The first-order chi connectivity index (χ1) is 7.54. The van der Waals surface area contributed by atoms with Crippen molar-refractivity contribution in [3.05, 3.63) is 34.1 Å². The zero-order valence-corrected chi connectivity index (χ0v) is 10.5. The Bertz CT molecular complexity index is 355. The molecule has 0 unspecified atom stereocenters. The second-order valence-corrected chi connectivity index (χ2v) is 4.48. The molecule has 16 heavy (non-hydrogen) atoms. The number of hydrogen-bond acceptors (Lipinski definition) is 2. The van der Waals surface area contributed by atoms with Gasteiger partial charge in [-0.15, -0.1) is 0 Å². The smallest absolute Gasteiger partial charge is 0.126 e. The number of hydrogen-bond donors (Lipinski definition) is 1. The summed E-state index contributed by atoms with van der Waals surface area (Å²) in [5.41, 5.74) is 6.84. The van der Waals surface area contributed by atoms with Crippen molar-refractivity contribution in [1.29, 1.82) is 0 Å². The molecule has 1 aromatic carbocycles. The standard InChI is InChI=1S/C12H18ClFN2/c1-9-6-11(13)10(7-12(9)14)8-16(2)5-3-4-15/h6-7H,3-5,8,15H2,1-2H3. The summed E-state index contributed by atoms with van der Waals surface area (Å²) in [5, 5.41) is 0.624. The molecule has 0 aromatic heterocycles. The van der Waals surface area contributed by atoms with Gasteiger partial charge in [0.05, 0.1) is 0 Å². The van der Waals surface area contributed by atoms with Gasteiger partial charge in [0.25, 0.3) is 0 Å². The van der Waals surface area contributed by atoms with E-state index in [1.165, 1.54) is 6.07 Å². The van der Waals surface area contributed by atoms with E-state index < -0.39 is 0 Å². The molecule has 0 fully saturated rings. The molecule has 0 saturated carbocycles. The predicted molar refractivity (Wildman–Crippen MR) is 66.2 cm³/mol. The Morgan fingerprint density at radius 1 is 1.44 bits per heavy atom. The van der Waals surface area contributed by atoms with Crippen LogP contribution in [0.4, 0.5) is 4.39 Å². The molecule has 90 valence electrons. The normalized spacial score (nSPS) is 11.1.